The molecule has 0 radical (unpaired) electrons. The van der Waals surface area contributed by atoms with Crippen LogP contribution in [-0.4, -0.2) is 28.9 Å². The van der Waals surface area contributed by atoms with Crippen LogP contribution in [0.2, 0.25) is 0 Å². The molecule has 0 saturated heterocycles. The van der Waals surface area contributed by atoms with Crippen LogP contribution in [0.15, 0.2) is 71.7 Å². The first kappa shape index (κ1) is 26.1. The number of carbonyl (C=O) groups excluding carboxylic acids is 1. The normalized spacial score (nSPS) is 12.2. The number of rotatable bonds is 9. The molecule has 3 aromatic carbocycles. The second-order valence-corrected chi connectivity index (χ2v) is 9.18. The number of hydrogen-bond donors (Lipinski definition) is 3. The number of halogens is 1. The second-order valence-electron chi connectivity index (χ2n) is 9.18. The Morgan fingerprint density at radius 1 is 1.05 bits per heavy atom. The minimum Gasteiger partial charge on any atom is -0.494 e. The Hall–Kier alpha value is -3.97. The van der Waals surface area contributed by atoms with E-state index in [4.69, 9.17) is 15.5 Å². The van der Waals surface area contributed by atoms with E-state index in [0.29, 0.717) is 34.3 Å². The summed E-state index contributed by atoms with van der Waals surface area (Å²) in [5, 5.41) is 11.5. The van der Waals surface area contributed by atoms with E-state index >= 15 is 0 Å². The van der Waals surface area contributed by atoms with Gasteiger partial charge < -0.3 is 20.6 Å². The molecular weight excluding hydrogens is 469 g/mol. The summed E-state index contributed by atoms with van der Waals surface area (Å²) in [5.74, 6) is -0.761. The molecule has 4 N–H and O–H groups in total. The van der Waals surface area contributed by atoms with Gasteiger partial charge in [-0.3, -0.25) is 4.79 Å². The second kappa shape index (κ2) is 11.0. The van der Waals surface area contributed by atoms with Gasteiger partial charge >= 0.3 is 5.97 Å². The average molecular weight is 502 g/mol. The lowest BCUT2D eigenvalue weighted by molar-refractivity contribution is -0.140. The summed E-state index contributed by atoms with van der Waals surface area (Å²) >= 11 is 0. The zero-order valence-electron chi connectivity index (χ0n) is 21.3. The van der Waals surface area contributed by atoms with Crippen LogP contribution >= 0.6 is 0 Å². The molecule has 0 amide bonds. The molecule has 7 heteroatoms. The van der Waals surface area contributed by atoms with Crippen molar-refractivity contribution in [3.8, 4) is 5.88 Å². The third kappa shape index (κ3) is 5.57. The lowest BCUT2D eigenvalue weighted by atomic mass is 9.86. The zero-order valence-corrected chi connectivity index (χ0v) is 21.3. The van der Waals surface area contributed by atoms with E-state index in [1.54, 1.807) is 6.07 Å². The van der Waals surface area contributed by atoms with Crippen molar-refractivity contribution in [1.82, 2.24) is 4.98 Å². The zero-order chi connectivity index (χ0) is 26.6. The molecule has 0 fully saturated rings. The number of aromatic amines is 1. The number of nitrogens with zero attached hydrogens (tertiary/aromatic N) is 1. The highest BCUT2D eigenvalue weighted by atomic mass is 19.1. The van der Waals surface area contributed by atoms with Gasteiger partial charge in [-0.25, -0.2) is 9.38 Å². The van der Waals surface area contributed by atoms with E-state index in [0.717, 1.165) is 29.5 Å². The largest absolute Gasteiger partial charge is 0.494 e. The number of nitrogens with two attached hydrogens (primary N) is 1. The van der Waals surface area contributed by atoms with E-state index in [1.165, 1.54) is 19.2 Å². The third-order valence-electron chi connectivity index (χ3n) is 7.00. The number of aromatic hydroxyl groups is 1. The third-order valence-corrected chi connectivity index (χ3v) is 7.00. The van der Waals surface area contributed by atoms with Crippen molar-refractivity contribution in [2.24, 2.45) is 10.7 Å². The van der Waals surface area contributed by atoms with Crippen molar-refractivity contribution < 1.29 is 19.0 Å². The van der Waals surface area contributed by atoms with Crippen molar-refractivity contribution in [1.29, 1.82) is 0 Å². The number of H-pyrrole nitrogens is 1. The molecule has 0 spiro atoms. The van der Waals surface area contributed by atoms with Crippen molar-refractivity contribution in [2.75, 3.05) is 7.11 Å². The maximum Gasteiger partial charge on any atom is 0.305 e. The van der Waals surface area contributed by atoms with Crippen LogP contribution in [0.25, 0.3) is 10.9 Å². The summed E-state index contributed by atoms with van der Waals surface area (Å²) in [6.45, 7) is 4.15. The maximum atomic E-state index is 13.9. The lowest BCUT2D eigenvalue weighted by Crippen LogP contribution is -2.34. The fourth-order valence-electron chi connectivity index (χ4n) is 4.49. The van der Waals surface area contributed by atoms with Gasteiger partial charge in [0.25, 0.3) is 0 Å². The van der Waals surface area contributed by atoms with Gasteiger partial charge in [-0.2, -0.15) is 0 Å². The Bertz CT molecular complexity index is 1420. The molecule has 4 rings (SSSR count). The molecule has 0 aliphatic carbocycles. The molecule has 1 aromatic heterocycles. The number of aromatic nitrogens is 1. The fourth-order valence-corrected chi connectivity index (χ4v) is 4.49. The number of aryl methyl sites for hydroxylation is 1. The van der Waals surface area contributed by atoms with E-state index in [2.05, 4.69) is 18.8 Å². The SMILES string of the molecule is CCC(N)(CC)c1ccc(N=C(c2ccc(CCC(=O)OC)cc2)c2c(O)[nH]c3cc(F)ccc23)cc1. The van der Waals surface area contributed by atoms with Crippen LogP contribution in [0.3, 0.4) is 0 Å². The van der Waals surface area contributed by atoms with Gasteiger partial charge in [0.05, 0.1) is 29.6 Å². The average Bonchev–Trinajstić information content (AvgIpc) is 3.24. The highest BCUT2D eigenvalue weighted by molar-refractivity contribution is 6.21. The minimum absolute atomic E-state index is 0.0938. The quantitative estimate of drug-likeness (QED) is 0.186. The van der Waals surface area contributed by atoms with E-state index in [-0.39, 0.29) is 18.3 Å². The molecule has 4 aromatic rings. The van der Waals surface area contributed by atoms with Gasteiger partial charge in [-0.05, 0) is 60.7 Å². The lowest BCUT2D eigenvalue weighted by Gasteiger charge is -2.27. The van der Waals surface area contributed by atoms with Crippen molar-refractivity contribution >= 4 is 28.3 Å². The van der Waals surface area contributed by atoms with Gasteiger partial charge in [0.2, 0.25) is 0 Å². The molecule has 0 aliphatic heterocycles. The van der Waals surface area contributed by atoms with Crippen LogP contribution in [0, 0.1) is 5.82 Å². The standard InChI is InChI=1S/C30H32FN3O3/c1-4-30(32,5-2)21-11-14-23(15-12-21)33-28(20-9-6-19(7-10-20)8-17-26(35)37-3)27-24-16-13-22(31)18-25(24)34-29(27)36/h6-7,9-16,18,34,36H,4-5,8,17,32H2,1-3H3. The van der Waals surface area contributed by atoms with Crippen LogP contribution in [0.1, 0.15) is 55.4 Å². The maximum absolute atomic E-state index is 13.9. The summed E-state index contributed by atoms with van der Waals surface area (Å²) < 4.78 is 18.6. The van der Waals surface area contributed by atoms with Crippen LogP contribution in [0.5, 0.6) is 5.88 Å². The summed E-state index contributed by atoms with van der Waals surface area (Å²) in [6, 6.07) is 19.8. The molecule has 0 unspecified atom stereocenters. The summed E-state index contributed by atoms with van der Waals surface area (Å²) in [5.41, 5.74) is 11.1. The molecule has 37 heavy (non-hydrogen) atoms. The molecule has 1 heterocycles. The predicted octanol–water partition coefficient (Wildman–Crippen LogP) is 6.26. The molecule has 6 nitrogen and oxygen atoms in total. The Morgan fingerprint density at radius 3 is 2.35 bits per heavy atom. The van der Waals surface area contributed by atoms with Gasteiger partial charge in [-0.1, -0.05) is 50.2 Å². The van der Waals surface area contributed by atoms with Gasteiger partial charge in [0.15, 0.2) is 5.88 Å². The van der Waals surface area contributed by atoms with Crippen molar-refractivity contribution in [3.05, 3.63) is 94.8 Å². The van der Waals surface area contributed by atoms with E-state index in [1.807, 2.05) is 48.5 Å². The Morgan fingerprint density at radius 2 is 1.73 bits per heavy atom. The van der Waals surface area contributed by atoms with Crippen molar-refractivity contribution in [2.45, 2.75) is 45.1 Å². The number of fused-ring (bicyclic) bond motifs is 1. The fraction of sp³-hybridized carbons (Fsp3) is 0.267. The first-order chi connectivity index (χ1) is 17.8. The summed E-state index contributed by atoms with van der Waals surface area (Å²) in [4.78, 5) is 19.3. The number of aliphatic imine (C=N–C) groups is 1. The number of esters is 1. The Labute approximate surface area is 216 Å². The molecule has 192 valence electrons. The monoisotopic (exact) mass is 501 g/mol. The molecule has 0 saturated carbocycles. The number of ether oxygens (including phenoxy) is 1. The van der Waals surface area contributed by atoms with E-state index in [9.17, 15) is 14.3 Å². The summed E-state index contributed by atoms with van der Waals surface area (Å²) in [6.07, 6.45) is 2.48. The smallest absolute Gasteiger partial charge is 0.305 e. The summed E-state index contributed by atoms with van der Waals surface area (Å²) in [7, 11) is 1.37. The Kier molecular flexibility index (Phi) is 7.74. The first-order valence-corrected chi connectivity index (χ1v) is 12.4. The molecule has 0 aliphatic rings. The molecular formula is C30H32FN3O3. The van der Waals surface area contributed by atoms with Crippen LogP contribution in [-0.2, 0) is 21.5 Å². The highest BCUT2D eigenvalue weighted by Gasteiger charge is 2.23. The number of carbonyl (C=O) groups is 1. The van der Waals surface area contributed by atoms with Crippen LogP contribution in [0.4, 0.5) is 10.1 Å². The van der Waals surface area contributed by atoms with Gasteiger partial charge in [0, 0.05) is 22.9 Å². The first-order valence-electron chi connectivity index (χ1n) is 12.4. The van der Waals surface area contributed by atoms with Gasteiger partial charge in [-0.15, -0.1) is 0 Å². The number of hydrogen-bond acceptors (Lipinski definition) is 5. The number of benzene rings is 3. The highest BCUT2D eigenvalue weighted by Crippen LogP contribution is 2.33. The predicted molar refractivity (Wildman–Crippen MR) is 145 cm³/mol. The topological polar surface area (TPSA) is 101 Å². The van der Waals surface area contributed by atoms with Crippen molar-refractivity contribution in [3.63, 3.8) is 0 Å². The van der Waals surface area contributed by atoms with Crippen LogP contribution < -0.4 is 5.73 Å². The van der Waals surface area contributed by atoms with Gasteiger partial charge in [0.1, 0.15) is 5.82 Å². The Balaban J connectivity index is 1.79. The molecule has 0 bridgehead atoms. The minimum atomic E-state index is -0.401. The number of nitrogens with one attached hydrogen (secondary N) is 1. The number of methoxy groups -OCH3 is 1. The molecule has 0 atom stereocenters. The van der Waals surface area contributed by atoms with E-state index < -0.39 is 11.4 Å².